The van der Waals surface area contributed by atoms with Crippen LogP contribution in [0.4, 0.5) is 17.1 Å². The minimum Gasteiger partial charge on any atom is -0.378 e. The standard InChI is InChI=1S/C14H13Cl2N3/c1-19(2)14-5-3-12(4-6-14)17-18-13-8-10(15)7-11(16)9-13/h3-9H,1-2H3. The summed E-state index contributed by atoms with van der Waals surface area (Å²) in [6.45, 7) is 0. The van der Waals surface area contributed by atoms with Crippen LogP contribution in [0.3, 0.4) is 0 Å². The number of rotatable bonds is 3. The molecule has 0 N–H and O–H groups in total. The Hall–Kier alpha value is -1.58. The Labute approximate surface area is 122 Å². The zero-order valence-electron chi connectivity index (χ0n) is 10.6. The van der Waals surface area contributed by atoms with E-state index in [0.29, 0.717) is 15.7 Å². The van der Waals surface area contributed by atoms with Gasteiger partial charge in [0.05, 0.1) is 11.4 Å². The lowest BCUT2D eigenvalue weighted by Gasteiger charge is -2.11. The van der Waals surface area contributed by atoms with Crippen LogP contribution in [0.1, 0.15) is 0 Å². The molecular weight excluding hydrogens is 281 g/mol. The summed E-state index contributed by atoms with van der Waals surface area (Å²) in [5, 5.41) is 9.36. The smallest absolute Gasteiger partial charge is 0.0886 e. The maximum atomic E-state index is 5.90. The molecule has 2 aromatic rings. The van der Waals surface area contributed by atoms with Crippen molar-refractivity contribution in [2.45, 2.75) is 0 Å². The quantitative estimate of drug-likeness (QED) is 0.689. The third-order valence-electron chi connectivity index (χ3n) is 2.49. The van der Waals surface area contributed by atoms with E-state index in [-0.39, 0.29) is 0 Å². The van der Waals surface area contributed by atoms with Crippen molar-refractivity contribution in [2.75, 3.05) is 19.0 Å². The number of benzene rings is 2. The fourth-order valence-corrected chi connectivity index (χ4v) is 2.04. The molecule has 0 aliphatic carbocycles. The minimum atomic E-state index is 0.546. The molecule has 0 radical (unpaired) electrons. The molecular formula is C14H13Cl2N3. The van der Waals surface area contributed by atoms with E-state index in [9.17, 15) is 0 Å². The van der Waals surface area contributed by atoms with E-state index in [2.05, 4.69) is 10.2 Å². The maximum absolute atomic E-state index is 5.90. The molecule has 2 aromatic carbocycles. The van der Waals surface area contributed by atoms with Crippen molar-refractivity contribution in [1.82, 2.24) is 0 Å². The molecule has 0 atom stereocenters. The highest BCUT2D eigenvalue weighted by Crippen LogP contribution is 2.26. The fraction of sp³-hybridized carbons (Fsp3) is 0.143. The molecule has 0 aromatic heterocycles. The molecule has 0 saturated carbocycles. The third-order valence-corrected chi connectivity index (χ3v) is 2.93. The summed E-state index contributed by atoms with van der Waals surface area (Å²) < 4.78 is 0. The predicted octanol–water partition coefficient (Wildman–Crippen LogP) is 5.47. The predicted molar refractivity (Wildman–Crippen MR) is 81.4 cm³/mol. The lowest BCUT2D eigenvalue weighted by atomic mass is 10.3. The van der Waals surface area contributed by atoms with Gasteiger partial charge >= 0.3 is 0 Å². The molecule has 3 nitrogen and oxygen atoms in total. The van der Waals surface area contributed by atoms with Gasteiger partial charge in [0.15, 0.2) is 0 Å². The first kappa shape index (κ1) is 13.8. The summed E-state index contributed by atoms with van der Waals surface area (Å²) >= 11 is 11.8. The average molecular weight is 294 g/mol. The van der Waals surface area contributed by atoms with Crippen LogP contribution in [0.25, 0.3) is 0 Å². The van der Waals surface area contributed by atoms with Crippen LogP contribution in [-0.4, -0.2) is 14.1 Å². The van der Waals surface area contributed by atoms with E-state index in [1.54, 1.807) is 18.2 Å². The molecule has 0 saturated heterocycles. The number of azo groups is 1. The number of hydrogen-bond donors (Lipinski definition) is 0. The first-order chi connectivity index (χ1) is 9.04. The number of hydrogen-bond acceptors (Lipinski definition) is 3. The summed E-state index contributed by atoms with van der Waals surface area (Å²) in [7, 11) is 3.98. The van der Waals surface area contributed by atoms with Crippen LogP contribution in [0.2, 0.25) is 10.0 Å². The Bertz CT molecular complexity index is 572. The molecule has 0 aliphatic rings. The van der Waals surface area contributed by atoms with E-state index >= 15 is 0 Å². The molecule has 0 fully saturated rings. The van der Waals surface area contributed by atoms with Gasteiger partial charge in [0.1, 0.15) is 0 Å². The normalized spacial score (nSPS) is 10.9. The van der Waals surface area contributed by atoms with Gasteiger partial charge in [-0.3, -0.25) is 0 Å². The Kier molecular flexibility index (Phi) is 4.40. The van der Waals surface area contributed by atoms with Crippen molar-refractivity contribution >= 4 is 40.3 Å². The second-order valence-electron chi connectivity index (χ2n) is 4.24. The molecule has 5 heteroatoms. The second kappa shape index (κ2) is 6.04. The van der Waals surface area contributed by atoms with Gasteiger partial charge in [-0.05, 0) is 42.5 Å². The van der Waals surface area contributed by atoms with Gasteiger partial charge in [0, 0.05) is 29.8 Å². The largest absolute Gasteiger partial charge is 0.378 e. The van der Waals surface area contributed by atoms with Gasteiger partial charge in [-0.2, -0.15) is 10.2 Å². The summed E-state index contributed by atoms with van der Waals surface area (Å²) in [5.41, 5.74) is 2.53. The van der Waals surface area contributed by atoms with Crippen LogP contribution in [0.15, 0.2) is 52.7 Å². The SMILES string of the molecule is CN(C)c1ccc(N=Nc2cc(Cl)cc(Cl)c2)cc1. The van der Waals surface area contributed by atoms with Crippen LogP contribution in [-0.2, 0) is 0 Å². The van der Waals surface area contributed by atoms with Crippen molar-refractivity contribution in [2.24, 2.45) is 10.2 Å². The van der Waals surface area contributed by atoms with Gasteiger partial charge in [-0.1, -0.05) is 23.2 Å². The van der Waals surface area contributed by atoms with E-state index in [0.717, 1.165) is 11.4 Å². The molecule has 0 unspecified atom stereocenters. The Morgan fingerprint density at radius 3 is 1.84 bits per heavy atom. The van der Waals surface area contributed by atoms with Crippen molar-refractivity contribution in [3.8, 4) is 0 Å². The molecule has 0 amide bonds. The van der Waals surface area contributed by atoms with Gasteiger partial charge in [-0.15, -0.1) is 0 Å². The minimum absolute atomic E-state index is 0.546. The topological polar surface area (TPSA) is 28.0 Å². The highest BCUT2D eigenvalue weighted by Gasteiger charge is 1.98. The zero-order chi connectivity index (χ0) is 13.8. The molecule has 0 spiro atoms. The first-order valence-corrected chi connectivity index (χ1v) is 6.45. The van der Waals surface area contributed by atoms with E-state index in [1.165, 1.54) is 0 Å². The molecule has 2 rings (SSSR count). The third kappa shape index (κ3) is 3.94. The van der Waals surface area contributed by atoms with Crippen molar-refractivity contribution in [1.29, 1.82) is 0 Å². The van der Waals surface area contributed by atoms with Gasteiger partial charge in [-0.25, -0.2) is 0 Å². The highest BCUT2D eigenvalue weighted by atomic mass is 35.5. The van der Waals surface area contributed by atoms with Crippen LogP contribution in [0.5, 0.6) is 0 Å². The molecule has 19 heavy (non-hydrogen) atoms. The maximum Gasteiger partial charge on any atom is 0.0886 e. The number of nitrogens with zero attached hydrogens (tertiary/aromatic N) is 3. The summed E-state index contributed by atoms with van der Waals surface area (Å²) in [5.74, 6) is 0. The second-order valence-corrected chi connectivity index (χ2v) is 5.11. The monoisotopic (exact) mass is 293 g/mol. The number of halogens is 2. The van der Waals surface area contributed by atoms with Crippen molar-refractivity contribution in [3.63, 3.8) is 0 Å². The van der Waals surface area contributed by atoms with E-state index in [1.807, 2.05) is 43.3 Å². The van der Waals surface area contributed by atoms with Crippen molar-refractivity contribution < 1.29 is 0 Å². The fourth-order valence-electron chi connectivity index (χ4n) is 1.53. The van der Waals surface area contributed by atoms with Gasteiger partial charge in [0.2, 0.25) is 0 Å². The van der Waals surface area contributed by atoms with Crippen LogP contribution >= 0.6 is 23.2 Å². The summed E-state index contributed by atoms with van der Waals surface area (Å²) in [4.78, 5) is 2.03. The van der Waals surface area contributed by atoms with Gasteiger partial charge < -0.3 is 4.90 Å². The van der Waals surface area contributed by atoms with Gasteiger partial charge in [0.25, 0.3) is 0 Å². The summed E-state index contributed by atoms with van der Waals surface area (Å²) in [6, 6.07) is 12.9. The van der Waals surface area contributed by atoms with E-state index in [4.69, 9.17) is 23.2 Å². The average Bonchev–Trinajstić information content (AvgIpc) is 2.36. The lowest BCUT2D eigenvalue weighted by Crippen LogP contribution is -2.07. The van der Waals surface area contributed by atoms with E-state index < -0.39 is 0 Å². The lowest BCUT2D eigenvalue weighted by molar-refractivity contribution is 1.13. The molecule has 0 heterocycles. The Morgan fingerprint density at radius 2 is 1.32 bits per heavy atom. The zero-order valence-corrected chi connectivity index (χ0v) is 12.2. The highest BCUT2D eigenvalue weighted by molar-refractivity contribution is 6.35. The summed E-state index contributed by atoms with van der Waals surface area (Å²) in [6.07, 6.45) is 0. The molecule has 98 valence electrons. The Balaban J connectivity index is 2.17. The number of anilines is 1. The molecule has 0 aliphatic heterocycles. The van der Waals surface area contributed by atoms with Crippen LogP contribution < -0.4 is 4.90 Å². The van der Waals surface area contributed by atoms with Crippen LogP contribution in [0, 0.1) is 0 Å². The first-order valence-electron chi connectivity index (χ1n) is 5.70. The Morgan fingerprint density at radius 1 is 0.789 bits per heavy atom. The molecule has 0 bridgehead atoms. The van der Waals surface area contributed by atoms with Crippen molar-refractivity contribution in [3.05, 3.63) is 52.5 Å².